The lowest BCUT2D eigenvalue weighted by molar-refractivity contribution is -0.382. The van der Waals surface area contributed by atoms with Crippen molar-refractivity contribution >= 4 is 0 Å². The highest BCUT2D eigenvalue weighted by Gasteiger charge is 2.50. The topological polar surface area (TPSA) is 77.4 Å². The van der Waals surface area contributed by atoms with Crippen LogP contribution in [-0.2, 0) is 18.9 Å². The zero-order valence-electron chi connectivity index (χ0n) is 14.9. The maximum atomic E-state index is 10.3. The molecular weight excluding hydrogens is 324 g/mol. The molecule has 0 spiro atoms. The monoisotopic (exact) mass is 350 g/mol. The number of allylic oxidation sites excluding steroid dienone is 2. The first-order valence-electron chi connectivity index (χ1n) is 8.49. The number of rotatable bonds is 4. The Morgan fingerprint density at radius 3 is 2.80 bits per heavy atom. The van der Waals surface area contributed by atoms with E-state index >= 15 is 0 Å². The summed E-state index contributed by atoms with van der Waals surface area (Å²) >= 11 is 0. The zero-order chi connectivity index (χ0) is 18.3. The van der Waals surface area contributed by atoms with Gasteiger partial charge in [-0.3, -0.25) is 0 Å². The molecule has 0 amide bonds. The lowest BCUT2D eigenvalue weighted by Crippen LogP contribution is -2.64. The smallest absolute Gasteiger partial charge is 0.186 e. The van der Waals surface area contributed by atoms with Crippen molar-refractivity contribution in [2.45, 2.75) is 70.1 Å². The second-order valence-electron chi connectivity index (χ2n) is 6.36. The van der Waals surface area contributed by atoms with E-state index in [1.165, 1.54) is 0 Å². The van der Waals surface area contributed by atoms with Crippen LogP contribution >= 0.6 is 0 Å². The summed E-state index contributed by atoms with van der Waals surface area (Å²) in [5.74, 6) is 10.4. The molecule has 0 aromatic rings. The van der Waals surface area contributed by atoms with Gasteiger partial charge in [0.15, 0.2) is 12.1 Å². The number of hydrogen-bond acceptors (Lipinski definition) is 6. The zero-order valence-corrected chi connectivity index (χ0v) is 14.9. The van der Waals surface area contributed by atoms with Crippen LogP contribution in [0.25, 0.3) is 0 Å². The maximum absolute atomic E-state index is 10.3. The number of ether oxygens (including phenoxy) is 4. The average Bonchev–Trinajstić information content (AvgIpc) is 2.58. The van der Waals surface area contributed by atoms with Crippen LogP contribution in [0.4, 0.5) is 0 Å². The van der Waals surface area contributed by atoms with Crippen LogP contribution in [0.5, 0.6) is 0 Å². The fraction of sp³-hybridized carbons (Fsp3) is 0.684. The summed E-state index contributed by atoms with van der Waals surface area (Å²) in [7, 11) is 0. The Morgan fingerprint density at radius 1 is 1.24 bits per heavy atom. The van der Waals surface area contributed by atoms with Crippen molar-refractivity contribution in [3.8, 4) is 23.7 Å². The van der Waals surface area contributed by atoms with Crippen LogP contribution < -0.4 is 0 Å². The van der Waals surface area contributed by atoms with E-state index in [4.69, 9.17) is 18.9 Å². The van der Waals surface area contributed by atoms with Gasteiger partial charge in [-0.15, -0.1) is 0 Å². The fourth-order valence-corrected chi connectivity index (χ4v) is 2.60. The van der Waals surface area contributed by atoms with Gasteiger partial charge in [-0.25, -0.2) is 0 Å². The summed E-state index contributed by atoms with van der Waals surface area (Å²) < 4.78 is 22.4. The number of fused-ring (bicyclic) bond motifs is 1. The number of unbranched alkanes of at least 4 members (excludes halogenated alkanes) is 1. The third-order valence-corrected chi connectivity index (χ3v) is 3.86. The molecule has 0 aliphatic carbocycles. The van der Waals surface area contributed by atoms with Gasteiger partial charge >= 0.3 is 0 Å². The van der Waals surface area contributed by atoms with E-state index in [0.29, 0.717) is 19.4 Å². The Balaban J connectivity index is 1.75. The van der Waals surface area contributed by atoms with Gasteiger partial charge in [-0.05, 0) is 45.1 Å². The number of aliphatic hydroxyl groups excluding tert-OH is 2. The molecule has 0 aromatic carbocycles. The molecule has 6 nitrogen and oxygen atoms in total. The van der Waals surface area contributed by atoms with E-state index < -0.39 is 36.5 Å². The van der Waals surface area contributed by atoms with Crippen molar-refractivity contribution in [3.63, 3.8) is 0 Å². The summed E-state index contributed by atoms with van der Waals surface area (Å²) in [6.07, 6.45) is 0.599. The summed E-state index contributed by atoms with van der Waals surface area (Å²) in [6, 6.07) is 0. The predicted molar refractivity (Wildman–Crippen MR) is 91.1 cm³/mol. The minimum absolute atomic E-state index is 0.275. The lowest BCUT2D eigenvalue weighted by atomic mass is 9.97. The highest BCUT2D eigenvalue weighted by Crippen LogP contribution is 2.32. The second-order valence-corrected chi connectivity index (χ2v) is 6.36. The van der Waals surface area contributed by atoms with Gasteiger partial charge in [0, 0.05) is 6.42 Å². The van der Waals surface area contributed by atoms with Gasteiger partial charge in [-0.2, -0.15) is 0 Å². The third kappa shape index (κ3) is 5.83. The predicted octanol–water partition coefficient (Wildman–Crippen LogP) is 0.964. The standard InChI is InChI=1S/C19H26O6/c1-4-5-6-7-8-9-10-11-12-22-18-16(21)15(20)17-14(24-18)13-23-19(2,3)25-17/h4-5,14-18,20-21H,10-13H2,1-3H3/b5-4-/t14-,15+,16-,17-,18-/m1/s1. The molecule has 0 radical (unpaired) electrons. The molecule has 2 aliphatic heterocycles. The van der Waals surface area contributed by atoms with Gasteiger partial charge in [0.1, 0.15) is 24.4 Å². The molecule has 0 aromatic heterocycles. The fourth-order valence-electron chi connectivity index (χ4n) is 2.60. The van der Waals surface area contributed by atoms with Gasteiger partial charge in [0.05, 0.1) is 13.2 Å². The van der Waals surface area contributed by atoms with Crippen LogP contribution in [0.15, 0.2) is 12.2 Å². The average molecular weight is 350 g/mol. The SMILES string of the molecule is C/C=C\C#CC#CCCCO[C@@H]1O[C@@H]2COC(C)(C)O[C@H]2[C@@H](O)[C@H]1O. The molecule has 0 bridgehead atoms. The molecular formula is C19H26O6. The summed E-state index contributed by atoms with van der Waals surface area (Å²) in [5, 5.41) is 20.5. The Labute approximate surface area is 149 Å². The Morgan fingerprint density at radius 2 is 2.04 bits per heavy atom. The second kappa shape index (κ2) is 9.35. The largest absolute Gasteiger partial charge is 0.387 e. The number of aliphatic hydroxyl groups is 2. The Hall–Kier alpha value is -1.38. The van der Waals surface area contributed by atoms with Gasteiger partial charge < -0.3 is 29.2 Å². The molecule has 2 saturated heterocycles. The third-order valence-electron chi connectivity index (χ3n) is 3.86. The minimum Gasteiger partial charge on any atom is -0.387 e. The van der Waals surface area contributed by atoms with E-state index in [0.717, 1.165) is 0 Å². The van der Waals surface area contributed by atoms with E-state index in [1.54, 1.807) is 19.9 Å². The molecule has 25 heavy (non-hydrogen) atoms. The molecule has 0 saturated carbocycles. The van der Waals surface area contributed by atoms with Gasteiger partial charge in [0.25, 0.3) is 0 Å². The van der Waals surface area contributed by atoms with E-state index in [9.17, 15) is 10.2 Å². The molecule has 0 unspecified atom stereocenters. The lowest BCUT2D eigenvalue weighted by Gasteiger charge is -2.48. The van der Waals surface area contributed by atoms with Crippen LogP contribution in [0.3, 0.4) is 0 Å². The molecule has 2 heterocycles. The molecule has 138 valence electrons. The maximum Gasteiger partial charge on any atom is 0.186 e. The van der Waals surface area contributed by atoms with Gasteiger partial charge in [-0.1, -0.05) is 17.9 Å². The molecule has 2 fully saturated rings. The van der Waals surface area contributed by atoms with Crippen molar-refractivity contribution in [1.82, 2.24) is 0 Å². The quantitative estimate of drug-likeness (QED) is 0.581. The first kappa shape index (κ1) is 19.9. The van der Waals surface area contributed by atoms with Crippen LogP contribution in [0.1, 0.15) is 33.6 Å². The number of hydrogen-bond donors (Lipinski definition) is 2. The van der Waals surface area contributed by atoms with Crippen molar-refractivity contribution in [1.29, 1.82) is 0 Å². The van der Waals surface area contributed by atoms with E-state index in [1.807, 2.05) is 13.0 Å². The highest BCUT2D eigenvalue weighted by atomic mass is 16.8. The van der Waals surface area contributed by atoms with Crippen molar-refractivity contribution < 1.29 is 29.2 Å². The highest BCUT2D eigenvalue weighted by molar-refractivity contribution is 5.30. The van der Waals surface area contributed by atoms with Crippen LogP contribution in [0, 0.1) is 23.7 Å². The van der Waals surface area contributed by atoms with Gasteiger partial charge in [0.2, 0.25) is 0 Å². The Kier molecular flexibility index (Phi) is 7.46. The molecule has 2 rings (SSSR count). The first-order chi connectivity index (χ1) is 11.9. The summed E-state index contributed by atoms with van der Waals surface area (Å²) in [4.78, 5) is 0. The van der Waals surface area contributed by atoms with Crippen LogP contribution in [0.2, 0.25) is 0 Å². The van der Waals surface area contributed by atoms with Crippen LogP contribution in [-0.4, -0.2) is 59.9 Å². The molecule has 2 N–H and O–H groups in total. The molecule has 2 aliphatic rings. The first-order valence-corrected chi connectivity index (χ1v) is 8.49. The van der Waals surface area contributed by atoms with E-state index in [2.05, 4.69) is 23.7 Å². The summed E-state index contributed by atoms with van der Waals surface area (Å²) in [5.41, 5.74) is 0. The molecule has 6 heteroatoms. The van der Waals surface area contributed by atoms with E-state index in [-0.39, 0.29) is 6.61 Å². The van der Waals surface area contributed by atoms with Crippen molar-refractivity contribution in [2.24, 2.45) is 0 Å². The normalized spacial score (nSPS) is 33.7. The minimum atomic E-state index is -1.17. The summed E-state index contributed by atoms with van der Waals surface area (Å²) in [6.45, 7) is 6.05. The van der Waals surface area contributed by atoms with Crippen molar-refractivity contribution in [2.75, 3.05) is 13.2 Å². The van der Waals surface area contributed by atoms with Crippen molar-refractivity contribution in [3.05, 3.63) is 12.2 Å². The Bertz CT molecular complexity index is 574. The molecule has 5 atom stereocenters.